The first-order chi connectivity index (χ1) is 6.16. The highest BCUT2D eigenvalue weighted by Gasteiger charge is 2.16. The van der Waals surface area contributed by atoms with Crippen molar-refractivity contribution in [3.63, 3.8) is 0 Å². The van der Waals surface area contributed by atoms with Crippen LogP contribution in [0.3, 0.4) is 0 Å². The molecule has 0 amide bonds. The van der Waals surface area contributed by atoms with Crippen molar-refractivity contribution >= 4 is 15.9 Å². The van der Waals surface area contributed by atoms with E-state index in [1.54, 1.807) is 11.7 Å². The molecule has 1 aromatic heterocycles. The zero-order chi connectivity index (χ0) is 9.84. The SMILES string of the molecule is CCCCC(O)c1c(Br)nnn1C. The highest BCUT2D eigenvalue weighted by atomic mass is 79.9. The Bertz CT molecular complexity index is 255. The number of halogens is 1. The standard InChI is InChI=1S/C8H14BrN3O/c1-3-4-5-6(13)7-8(9)10-11-12(7)2/h6,13H,3-5H2,1-2H3. The molecule has 0 fully saturated rings. The van der Waals surface area contributed by atoms with Gasteiger partial charge in [0.1, 0.15) is 5.69 Å². The number of hydrogen-bond acceptors (Lipinski definition) is 3. The van der Waals surface area contributed by atoms with Gasteiger partial charge in [0.2, 0.25) is 0 Å². The van der Waals surface area contributed by atoms with Crippen molar-refractivity contribution in [1.82, 2.24) is 15.0 Å². The Labute approximate surface area is 86.1 Å². The highest BCUT2D eigenvalue weighted by molar-refractivity contribution is 9.10. The number of rotatable bonds is 4. The van der Waals surface area contributed by atoms with E-state index in [-0.39, 0.29) is 0 Å². The van der Waals surface area contributed by atoms with E-state index in [1.165, 1.54) is 0 Å². The number of aliphatic hydroxyl groups is 1. The lowest BCUT2D eigenvalue weighted by atomic mass is 10.1. The van der Waals surface area contributed by atoms with E-state index in [1.807, 2.05) is 0 Å². The zero-order valence-corrected chi connectivity index (χ0v) is 9.45. The van der Waals surface area contributed by atoms with Crippen LogP contribution in [0.15, 0.2) is 4.60 Å². The van der Waals surface area contributed by atoms with Crippen molar-refractivity contribution in [3.8, 4) is 0 Å². The van der Waals surface area contributed by atoms with Crippen LogP contribution < -0.4 is 0 Å². The summed E-state index contributed by atoms with van der Waals surface area (Å²) in [5.41, 5.74) is 0.758. The Morgan fingerprint density at radius 3 is 2.77 bits per heavy atom. The summed E-state index contributed by atoms with van der Waals surface area (Å²) in [6, 6.07) is 0. The summed E-state index contributed by atoms with van der Waals surface area (Å²) in [6.45, 7) is 2.10. The second-order valence-corrected chi connectivity index (χ2v) is 3.80. The maximum atomic E-state index is 9.77. The van der Waals surface area contributed by atoms with Gasteiger partial charge in [0.05, 0.1) is 6.10 Å². The second-order valence-electron chi connectivity index (χ2n) is 3.05. The first-order valence-corrected chi connectivity index (χ1v) is 5.19. The smallest absolute Gasteiger partial charge is 0.154 e. The van der Waals surface area contributed by atoms with Gasteiger partial charge in [-0.1, -0.05) is 25.0 Å². The normalized spacial score (nSPS) is 13.2. The molecule has 1 unspecified atom stereocenters. The quantitative estimate of drug-likeness (QED) is 0.883. The average molecular weight is 248 g/mol. The number of aliphatic hydroxyl groups excluding tert-OH is 1. The molecule has 5 heteroatoms. The Kier molecular flexibility index (Phi) is 3.87. The van der Waals surface area contributed by atoms with E-state index >= 15 is 0 Å². The molecule has 0 saturated carbocycles. The molecule has 0 aromatic carbocycles. The first kappa shape index (κ1) is 10.7. The molecule has 13 heavy (non-hydrogen) atoms. The van der Waals surface area contributed by atoms with E-state index in [0.29, 0.717) is 4.60 Å². The van der Waals surface area contributed by atoms with Gasteiger partial charge in [-0.15, -0.1) is 5.10 Å². The van der Waals surface area contributed by atoms with Gasteiger partial charge in [0, 0.05) is 7.05 Å². The monoisotopic (exact) mass is 247 g/mol. The van der Waals surface area contributed by atoms with Crippen molar-refractivity contribution in [2.24, 2.45) is 7.05 Å². The summed E-state index contributed by atoms with van der Waals surface area (Å²) in [5.74, 6) is 0. The molecule has 74 valence electrons. The van der Waals surface area contributed by atoms with Gasteiger partial charge < -0.3 is 5.11 Å². The van der Waals surface area contributed by atoms with E-state index in [2.05, 4.69) is 33.2 Å². The molecule has 1 N–H and O–H groups in total. The third-order valence-corrected chi connectivity index (χ3v) is 2.54. The topological polar surface area (TPSA) is 50.9 Å². The van der Waals surface area contributed by atoms with Crippen LogP contribution in [0.1, 0.15) is 38.0 Å². The number of nitrogens with zero attached hydrogens (tertiary/aromatic N) is 3. The maximum absolute atomic E-state index is 9.77. The maximum Gasteiger partial charge on any atom is 0.154 e. The van der Waals surface area contributed by atoms with Crippen LogP contribution in [0.2, 0.25) is 0 Å². The van der Waals surface area contributed by atoms with Crippen LogP contribution in [-0.4, -0.2) is 20.1 Å². The summed E-state index contributed by atoms with van der Waals surface area (Å²) in [4.78, 5) is 0. The Balaban J connectivity index is 2.69. The van der Waals surface area contributed by atoms with Crippen molar-refractivity contribution < 1.29 is 5.11 Å². The van der Waals surface area contributed by atoms with Crippen molar-refractivity contribution in [2.45, 2.75) is 32.3 Å². The second kappa shape index (κ2) is 4.72. The lowest BCUT2D eigenvalue weighted by Crippen LogP contribution is -2.05. The summed E-state index contributed by atoms with van der Waals surface area (Å²) < 4.78 is 2.24. The van der Waals surface area contributed by atoms with E-state index in [9.17, 15) is 5.11 Å². The lowest BCUT2D eigenvalue weighted by molar-refractivity contribution is 0.154. The lowest BCUT2D eigenvalue weighted by Gasteiger charge is -2.09. The minimum absolute atomic E-state index is 0.464. The molecule has 4 nitrogen and oxygen atoms in total. The number of unbranched alkanes of at least 4 members (excludes halogenated alkanes) is 1. The molecule has 1 aromatic rings. The molecule has 0 aliphatic rings. The van der Waals surface area contributed by atoms with Crippen molar-refractivity contribution in [1.29, 1.82) is 0 Å². The fraction of sp³-hybridized carbons (Fsp3) is 0.750. The van der Waals surface area contributed by atoms with E-state index in [4.69, 9.17) is 0 Å². The number of aryl methyl sites for hydroxylation is 1. The summed E-state index contributed by atoms with van der Waals surface area (Å²) >= 11 is 3.26. The number of hydrogen-bond donors (Lipinski definition) is 1. The van der Waals surface area contributed by atoms with Gasteiger partial charge in [-0.2, -0.15) is 0 Å². The van der Waals surface area contributed by atoms with Crippen molar-refractivity contribution in [2.75, 3.05) is 0 Å². The van der Waals surface area contributed by atoms with Gasteiger partial charge in [0.15, 0.2) is 4.60 Å². The van der Waals surface area contributed by atoms with Crippen molar-refractivity contribution in [3.05, 3.63) is 10.3 Å². The molecule has 1 atom stereocenters. The molecule has 0 radical (unpaired) electrons. The Morgan fingerprint density at radius 2 is 2.31 bits per heavy atom. The predicted molar refractivity (Wildman–Crippen MR) is 53.2 cm³/mol. The molecule has 0 aliphatic carbocycles. The van der Waals surface area contributed by atoms with E-state index < -0.39 is 6.10 Å². The first-order valence-electron chi connectivity index (χ1n) is 4.40. The molecular weight excluding hydrogens is 234 g/mol. The fourth-order valence-corrected chi connectivity index (χ4v) is 1.82. The van der Waals surface area contributed by atoms with E-state index in [0.717, 1.165) is 25.0 Å². The molecular formula is C8H14BrN3O. The minimum Gasteiger partial charge on any atom is -0.387 e. The van der Waals surface area contributed by atoms with Crippen LogP contribution in [0, 0.1) is 0 Å². The van der Waals surface area contributed by atoms with Crippen LogP contribution in [0.5, 0.6) is 0 Å². The average Bonchev–Trinajstić information content (AvgIpc) is 2.42. The third kappa shape index (κ3) is 2.51. The number of aromatic nitrogens is 3. The van der Waals surface area contributed by atoms with Crippen LogP contribution in [0.4, 0.5) is 0 Å². The van der Waals surface area contributed by atoms with Crippen LogP contribution in [-0.2, 0) is 7.05 Å². The molecule has 0 spiro atoms. The fourth-order valence-electron chi connectivity index (χ4n) is 1.23. The molecule has 1 heterocycles. The zero-order valence-electron chi connectivity index (χ0n) is 7.87. The molecule has 1 rings (SSSR count). The van der Waals surface area contributed by atoms with Crippen LogP contribution in [0.25, 0.3) is 0 Å². The van der Waals surface area contributed by atoms with Gasteiger partial charge >= 0.3 is 0 Å². The largest absolute Gasteiger partial charge is 0.387 e. The van der Waals surface area contributed by atoms with Gasteiger partial charge in [-0.3, -0.25) is 0 Å². The minimum atomic E-state index is -0.464. The Morgan fingerprint density at radius 1 is 1.62 bits per heavy atom. The molecule has 0 saturated heterocycles. The molecule has 0 aliphatic heterocycles. The summed E-state index contributed by atoms with van der Waals surface area (Å²) in [7, 11) is 1.78. The van der Waals surface area contributed by atoms with Gasteiger partial charge in [-0.25, -0.2) is 4.68 Å². The summed E-state index contributed by atoms with van der Waals surface area (Å²) in [5, 5.41) is 17.4. The predicted octanol–water partition coefficient (Wildman–Crippen LogP) is 1.80. The molecule has 0 bridgehead atoms. The van der Waals surface area contributed by atoms with Gasteiger partial charge in [-0.05, 0) is 22.4 Å². The van der Waals surface area contributed by atoms with Crippen LogP contribution >= 0.6 is 15.9 Å². The highest BCUT2D eigenvalue weighted by Crippen LogP contribution is 2.24. The summed E-state index contributed by atoms with van der Waals surface area (Å²) in [6.07, 6.45) is 2.39. The third-order valence-electron chi connectivity index (χ3n) is 1.97. The van der Waals surface area contributed by atoms with Gasteiger partial charge in [0.25, 0.3) is 0 Å². The Hall–Kier alpha value is -0.420.